The molecule has 0 saturated heterocycles. The van der Waals surface area contributed by atoms with Crippen LogP contribution in [0.25, 0.3) is 0 Å². The fourth-order valence-corrected chi connectivity index (χ4v) is 3.01. The molecule has 2 atom stereocenters. The molecule has 1 heterocycles. The van der Waals surface area contributed by atoms with Crippen LogP contribution < -0.4 is 5.73 Å². The number of hydrogen-bond acceptors (Lipinski definition) is 3. The number of pyridine rings is 1. The Kier molecular flexibility index (Phi) is 5.91. The quantitative estimate of drug-likeness (QED) is 0.864. The van der Waals surface area contributed by atoms with Crippen LogP contribution in [0.15, 0.2) is 53.3 Å². The summed E-state index contributed by atoms with van der Waals surface area (Å²) in [6.45, 7) is 2.97. The Bertz CT molecular complexity index is 559. The topological polar surface area (TPSA) is 42.1 Å². The number of benzene rings is 1. The van der Waals surface area contributed by atoms with Crippen molar-refractivity contribution in [1.82, 2.24) is 9.88 Å². The van der Waals surface area contributed by atoms with Gasteiger partial charge in [-0.3, -0.25) is 9.88 Å². The molecule has 3 nitrogen and oxygen atoms in total. The van der Waals surface area contributed by atoms with Gasteiger partial charge in [-0.2, -0.15) is 0 Å². The monoisotopic (exact) mass is 347 g/mol. The van der Waals surface area contributed by atoms with Crippen molar-refractivity contribution in [2.24, 2.45) is 5.73 Å². The van der Waals surface area contributed by atoms with E-state index >= 15 is 0 Å². The Morgan fingerprint density at radius 1 is 1.24 bits per heavy atom. The maximum absolute atomic E-state index is 6.36. The minimum Gasteiger partial charge on any atom is -0.326 e. The molecule has 21 heavy (non-hydrogen) atoms. The first-order chi connectivity index (χ1) is 10.1. The summed E-state index contributed by atoms with van der Waals surface area (Å²) < 4.78 is 1.13. The lowest BCUT2D eigenvalue weighted by Gasteiger charge is -2.32. The van der Waals surface area contributed by atoms with E-state index in [4.69, 9.17) is 5.73 Å². The molecule has 0 amide bonds. The summed E-state index contributed by atoms with van der Waals surface area (Å²) in [7, 11) is 2.12. The Morgan fingerprint density at radius 3 is 2.62 bits per heavy atom. The van der Waals surface area contributed by atoms with Gasteiger partial charge in [0.1, 0.15) is 0 Å². The molecule has 0 aliphatic rings. The molecule has 2 rings (SSSR count). The Morgan fingerprint density at radius 2 is 2.00 bits per heavy atom. The van der Waals surface area contributed by atoms with Gasteiger partial charge in [0.2, 0.25) is 0 Å². The molecular weight excluding hydrogens is 326 g/mol. The van der Waals surface area contributed by atoms with E-state index in [1.807, 2.05) is 18.3 Å². The van der Waals surface area contributed by atoms with Gasteiger partial charge in [-0.05, 0) is 36.7 Å². The van der Waals surface area contributed by atoms with E-state index in [-0.39, 0.29) is 12.1 Å². The second-order valence-electron chi connectivity index (χ2n) is 5.31. The molecule has 1 aromatic carbocycles. The van der Waals surface area contributed by atoms with Crippen LogP contribution in [0.4, 0.5) is 0 Å². The number of aromatic nitrogens is 1. The third kappa shape index (κ3) is 4.13. The van der Waals surface area contributed by atoms with Gasteiger partial charge in [-0.15, -0.1) is 0 Å². The van der Waals surface area contributed by atoms with Gasteiger partial charge in [-0.25, -0.2) is 0 Å². The molecule has 1 aromatic heterocycles. The van der Waals surface area contributed by atoms with E-state index in [2.05, 4.69) is 64.1 Å². The predicted octanol–water partition coefficient (Wildman–Crippen LogP) is 3.75. The second kappa shape index (κ2) is 7.69. The van der Waals surface area contributed by atoms with Crippen LogP contribution in [0.2, 0.25) is 0 Å². The van der Waals surface area contributed by atoms with Crippen molar-refractivity contribution in [2.75, 3.05) is 7.05 Å². The van der Waals surface area contributed by atoms with Crippen LogP contribution >= 0.6 is 15.9 Å². The zero-order valence-corrected chi connectivity index (χ0v) is 14.1. The summed E-state index contributed by atoms with van der Waals surface area (Å²) in [5, 5.41) is 0. The first kappa shape index (κ1) is 16.1. The smallest absolute Gasteiger partial charge is 0.0514 e. The van der Waals surface area contributed by atoms with Crippen molar-refractivity contribution in [3.63, 3.8) is 0 Å². The first-order valence-corrected chi connectivity index (χ1v) is 8.02. The van der Waals surface area contributed by atoms with Gasteiger partial charge in [0.15, 0.2) is 0 Å². The highest BCUT2D eigenvalue weighted by Gasteiger charge is 2.23. The van der Waals surface area contributed by atoms with Crippen LogP contribution in [0.1, 0.15) is 30.5 Å². The van der Waals surface area contributed by atoms with Crippen LogP contribution in [0.5, 0.6) is 0 Å². The molecule has 0 radical (unpaired) electrons. The normalized spacial score (nSPS) is 14.1. The zero-order valence-electron chi connectivity index (χ0n) is 12.5. The number of likely N-dealkylation sites (N-methyl/N-ethyl adjacent to an activating group) is 1. The van der Waals surface area contributed by atoms with E-state index in [9.17, 15) is 0 Å². The minimum atomic E-state index is 0.0849. The summed E-state index contributed by atoms with van der Waals surface area (Å²) in [5.74, 6) is 0. The van der Waals surface area contributed by atoms with E-state index in [1.165, 1.54) is 11.1 Å². The van der Waals surface area contributed by atoms with Crippen LogP contribution in [-0.2, 0) is 6.54 Å². The lowest BCUT2D eigenvalue weighted by molar-refractivity contribution is 0.201. The average Bonchev–Trinajstić information content (AvgIpc) is 2.50. The van der Waals surface area contributed by atoms with E-state index in [0.29, 0.717) is 0 Å². The van der Waals surface area contributed by atoms with Crippen molar-refractivity contribution in [2.45, 2.75) is 32.0 Å². The highest BCUT2D eigenvalue weighted by molar-refractivity contribution is 9.10. The SMILES string of the molecule is CCC(N)C(c1cccnc1)N(C)Cc1ccccc1Br. The molecule has 0 aliphatic carbocycles. The standard InChI is InChI=1S/C17H22BrN3/c1-3-16(19)17(13-8-6-10-20-11-13)21(2)12-14-7-4-5-9-15(14)18/h4-11,16-17H,3,12,19H2,1-2H3. The van der Waals surface area contributed by atoms with Crippen molar-refractivity contribution >= 4 is 15.9 Å². The molecule has 0 spiro atoms. The molecule has 112 valence electrons. The average molecular weight is 348 g/mol. The number of rotatable bonds is 6. The number of nitrogens with zero attached hydrogens (tertiary/aromatic N) is 2. The largest absolute Gasteiger partial charge is 0.326 e. The summed E-state index contributed by atoms with van der Waals surface area (Å²) in [6, 6.07) is 12.6. The highest BCUT2D eigenvalue weighted by Crippen LogP contribution is 2.26. The van der Waals surface area contributed by atoms with Gasteiger partial charge in [-0.1, -0.05) is 47.1 Å². The second-order valence-corrected chi connectivity index (χ2v) is 6.16. The van der Waals surface area contributed by atoms with Gasteiger partial charge >= 0.3 is 0 Å². The van der Waals surface area contributed by atoms with Crippen LogP contribution in [0, 0.1) is 0 Å². The fraction of sp³-hybridized carbons (Fsp3) is 0.353. The predicted molar refractivity (Wildman–Crippen MR) is 90.9 cm³/mol. The lowest BCUT2D eigenvalue weighted by atomic mass is 9.97. The zero-order chi connectivity index (χ0) is 15.2. The van der Waals surface area contributed by atoms with Crippen LogP contribution in [-0.4, -0.2) is 23.0 Å². The molecule has 0 aliphatic heterocycles. The minimum absolute atomic E-state index is 0.0849. The Hall–Kier alpha value is -1.23. The maximum atomic E-state index is 6.36. The van der Waals surface area contributed by atoms with Crippen molar-refractivity contribution < 1.29 is 0 Å². The third-order valence-electron chi connectivity index (χ3n) is 3.76. The van der Waals surface area contributed by atoms with E-state index in [1.54, 1.807) is 6.20 Å². The van der Waals surface area contributed by atoms with Crippen LogP contribution in [0.3, 0.4) is 0 Å². The van der Waals surface area contributed by atoms with Crippen molar-refractivity contribution in [1.29, 1.82) is 0 Å². The molecule has 2 aromatic rings. The first-order valence-electron chi connectivity index (χ1n) is 7.22. The molecule has 0 fully saturated rings. The molecular formula is C17H22BrN3. The van der Waals surface area contributed by atoms with E-state index < -0.39 is 0 Å². The van der Waals surface area contributed by atoms with Gasteiger partial charge in [0, 0.05) is 29.5 Å². The number of nitrogens with two attached hydrogens (primary N) is 1. The summed E-state index contributed by atoms with van der Waals surface area (Å²) in [4.78, 5) is 6.53. The summed E-state index contributed by atoms with van der Waals surface area (Å²) >= 11 is 3.61. The van der Waals surface area contributed by atoms with E-state index in [0.717, 1.165) is 17.4 Å². The van der Waals surface area contributed by atoms with Gasteiger partial charge in [0.25, 0.3) is 0 Å². The molecule has 0 bridgehead atoms. The maximum Gasteiger partial charge on any atom is 0.0514 e. The third-order valence-corrected chi connectivity index (χ3v) is 4.53. The Labute approximate surface area is 135 Å². The van der Waals surface area contributed by atoms with Crippen molar-refractivity contribution in [3.8, 4) is 0 Å². The van der Waals surface area contributed by atoms with Crippen molar-refractivity contribution in [3.05, 3.63) is 64.4 Å². The molecule has 0 saturated carbocycles. The highest BCUT2D eigenvalue weighted by atomic mass is 79.9. The summed E-state index contributed by atoms with van der Waals surface area (Å²) in [5.41, 5.74) is 8.79. The fourth-order valence-electron chi connectivity index (χ4n) is 2.60. The Balaban J connectivity index is 2.23. The molecule has 2 N–H and O–H groups in total. The number of halogens is 1. The molecule has 2 unspecified atom stereocenters. The number of hydrogen-bond donors (Lipinski definition) is 1. The summed E-state index contributed by atoms with van der Waals surface area (Å²) in [6.07, 6.45) is 4.64. The molecule has 4 heteroatoms. The van der Waals surface area contributed by atoms with Gasteiger partial charge in [0.05, 0.1) is 6.04 Å². The van der Waals surface area contributed by atoms with Gasteiger partial charge < -0.3 is 5.73 Å². The lowest BCUT2D eigenvalue weighted by Crippen LogP contribution is -2.38.